The van der Waals surface area contributed by atoms with Crippen molar-refractivity contribution in [1.29, 1.82) is 0 Å². The van der Waals surface area contributed by atoms with Crippen molar-refractivity contribution >= 4 is 27.4 Å². The van der Waals surface area contributed by atoms with Gasteiger partial charge in [0, 0.05) is 18.1 Å². The van der Waals surface area contributed by atoms with E-state index in [4.69, 9.17) is 9.72 Å². The molecule has 3 heterocycles. The number of aromatic nitrogens is 2. The maximum atomic E-state index is 5.60. The van der Waals surface area contributed by atoms with Crippen LogP contribution in [0.5, 0.6) is 0 Å². The fourth-order valence-corrected chi connectivity index (χ4v) is 3.15. The molecule has 1 aliphatic rings. The van der Waals surface area contributed by atoms with Gasteiger partial charge in [0.15, 0.2) is 5.82 Å². The van der Waals surface area contributed by atoms with Gasteiger partial charge in [-0.3, -0.25) is 0 Å². The van der Waals surface area contributed by atoms with Crippen molar-refractivity contribution in [3.8, 4) is 0 Å². The van der Waals surface area contributed by atoms with Crippen LogP contribution in [0.1, 0.15) is 19.5 Å². The predicted octanol–water partition coefficient (Wildman–Crippen LogP) is 2.84. The number of ether oxygens (including phenoxy) is 1. The molecule has 0 atom stereocenters. The summed E-state index contributed by atoms with van der Waals surface area (Å²) in [5, 5.41) is 0.793. The zero-order valence-electron chi connectivity index (χ0n) is 11.3. The minimum atomic E-state index is -0.0207. The van der Waals surface area contributed by atoms with E-state index in [1.54, 1.807) is 0 Å². The highest BCUT2D eigenvalue weighted by molar-refractivity contribution is 9.08. The molecule has 0 aliphatic carbocycles. The molecule has 102 valence electrons. The van der Waals surface area contributed by atoms with Gasteiger partial charge in [0.2, 0.25) is 0 Å². The molecule has 0 aromatic carbocycles. The summed E-state index contributed by atoms with van der Waals surface area (Å²) in [6.07, 6.45) is 2.07. The summed E-state index contributed by atoms with van der Waals surface area (Å²) in [6.45, 7) is 6.79. The van der Waals surface area contributed by atoms with E-state index >= 15 is 0 Å². The first kappa shape index (κ1) is 12.9. The van der Waals surface area contributed by atoms with Crippen LogP contribution in [0.25, 0.3) is 5.65 Å². The fraction of sp³-hybridized carbons (Fsp3) is 0.500. The highest BCUT2D eigenvalue weighted by atomic mass is 79.9. The first-order valence-electron chi connectivity index (χ1n) is 6.51. The Morgan fingerprint density at radius 2 is 2.26 bits per heavy atom. The molecule has 0 spiro atoms. The number of morpholine rings is 1. The number of alkyl halides is 1. The number of hydrogen-bond acceptors (Lipinski definition) is 3. The van der Waals surface area contributed by atoms with E-state index in [1.807, 2.05) is 18.2 Å². The zero-order chi connectivity index (χ0) is 13.5. The Labute approximate surface area is 121 Å². The Hall–Kier alpha value is -1.07. The molecule has 5 heteroatoms. The molecule has 1 fully saturated rings. The Morgan fingerprint density at radius 1 is 1.42 bits per heavy atom. The van der Waals surface area contributed by atoms with Crippen molar-refractivity contribution in [1.82, 2.24) is 9.38 Å². The minimum absolute atomic E-state index is 0.0207. The van der Waals surface area contributed by atoms with Crippen molar-refractivity contribution in [2.24, 2.45) is 0 Å². The van der Waals surface area contributed by atoms with Gasteiger partial charge in [-0.2, -0.15) is 0 Å². The second-order valence-electron chi connectivity index (χ2n) is 5.46. The summed E-state index contributed by atoms with van der Waals surface area (Å²) < 4.78 is 7.74. The van der Waals surface area contributed by atoms with Crippen LogP contribution in [0.15, 0.2) is 24.4 Å². The molecule has 3 rings (SSSR count). The lowest BCUT2D eigenvalue weighted by atomic mass is 10.0. The third kappa shape index (κ3) is 2.15. The van der Waals surface area contributed by atoms with Crippen LogP contribution in [0.3, 0.4) is 0 Å². The van der Waals surface area contributed by atoms with E-state index in [9.17, 15) is 0 Å². The number of anilines is 1. The van der Waals surface area contributed by atoms with Gasteiger partial charge in [0.25, 0.3) is 0 Å². The van der Waals surface area contributed by atoms with Crippen LogP contribution < -0.4 is 4.90 Å². The number of fused-ring (bicyclic) bond motifs is 1. The van der Waals surface area contributed by atoms with E-state index in [0.29, 0.717) is 0 Å². The Kier molecular flexibility index (Phi) is 3.27. The maximum absolute atomic E-state index is 5.60. The fourth-order valence-electron chi connectivity index (χ4n) is 2.63. The predicted molar refractivity (Wildman–Crippen MR) is 80.1 cm³/mol. The third-order valence-corrected chi connectivity index (χ3v) is 4.17. The van der Waals surface area contributed by atoms with E-state index in [1.165, 1.54) is 5.69 Å². The maximum Gasteiger partial charge on any atom is 0.152 e. The molecule has 19 heavy (non-hydrogen) atoms. The molecular weight excluding hydrogens is 306 g/mol. The standard InChI is InChI=1S/C14H18BrN3O/c1-14(2)10-19-8-7-18(14)13-11(9-15)17-6-4-3-5-12(17)16-13/h3-6H,7-10H2,1-2H3. The van der Waals surface area contributed by atoms with Crippen molar-refractivity contribution in [3.05, 3.63) is 30.1 Å². The summed E-state index contributed by atoms with van der Waals surface area (Å²) in [4.78, 5) is 7.17. The summed E-state index contributed by atoms with van der Waals surface area (Å²) in [6, 6.07) is 6.10. The second kappa shape index (κ2) is 4.80. The first-order chi connectivity index (χ1) is 9.13. The lowest BCUT2D eigenvalue weighted by molar-refractivity contribution is 0.0639. The second-order valence-corrected chi connectivity index (χ2v) is 6.02. The van der Waals surface area contributed by atoms with Gasteiger partial charge in [-0.05, 0) is 26.0 Å². The number of rotatable bonds is 2. The van der Waals surface area contributed by atoms with Crippen LogP contribution >= 0.6 is 15.9 Å². The molecule has 0 radical (unpaired) electrons. The number of nitrogens with zero attached hydrogens (tertiary/aromatic N) is 3. The van der Waals surface area contributed by atoms with Gasteiger partial charge in [-0.25, -0.2) is 4.98 Å². The van der Waals surface area contributed by atoms with E-state index in [0.717, 1.165) is 36.6 Å². The Bertz CT molecular complexity index is 593. The SMILES string of the molecule is CC1(C)COCCN1c1nc2ccccn2c1CBr. The molecule has 4 nitrogen and oxygen atoms in total. The minimum Gasteiger partial charge on any atom is -0.377 e. The highest BCUT2D eigenvalue weighted by Gasteiger charge is 2.33. The molecule has 0 amide bonds. The first-order valence-corrected chi connectivity index (χ1v) is 7.63. The number of halogens is 1. The molecule has 0 saturated carbocycles. The Morgan fingerprint density at radius 3 is 3.00 bits per heavy atom. The molecule has 0 unspecified atom stereocenters. The van der Waals surface area contributed by atoms with E-state index in [2.05, 4.69) is 45.3 Å². The largest absolute Gasteiger partial charge is 0.377 e. The molecule has 2 aromatic rings. The Balaban J connectivity index is 2.13. The zero-order valence-corrected chi connectivity index (χ0v) is 12.9. The quantitative estimate of drug-likeness (QED) is 0.796. The summed E-state index contributed by atoms with van der Waals surface area (Å²) in [5.74, 6) is 1.07. The molecule has 2 aromatic heterocycles. The van der Waals surface area contributed by atoms with Gasteiger partial charge < -0.3 is 14.0 Å². The van der Waals surface area contributed by atoms with Crippen molar-refractivity contribution in [3.63, 3.8) is 0 Å². The monoisotopic (exact) mass is 323 g/mol. The van der Waals surface area contributed by atoms with Crippen LogP contribution in [-0.2, 0) is 10.1 Å². The topological polar surface area (TPSA) is 29.8 Å². The summed E-state index contributed by atoms with van der Waals surface area (Å²) >= 11 is 3.59. The number of imidazole rings is 1. The lowest BCUT2D eigenvalue weighted by Gasteiger charge is -2.42. The molecule has 0 bridgehead atoms. The highest BCUT2D eigenvalue weighted by Crippen LogP contribution is 2.31. The van der Waals surface area contributed by atoms with Gasteiger partial charge in [-0.1, -0.05) is 22.0 Å². The number of pyridine rings is 1. The van der Waals surface area contributed by atoms with Crippen LogP contribution in [0, 0.1) is 0 Å². The smallest absolute Gasteiger partial charge is 0.152 e. The normalized spacial score (nSPS) is 19.0. The molecular formula is C14H18BrN3O. The van der Waals surface area contributed by atoms with E-state index < -0.39 is 0 Å². The van der Waals surface area contributed by atoms with Crippen molar-refractivity contribution < 1.29 is 4.74 Å². The summed E-state index contributed by atoms with van der Waals surface area (Å²) in [7, 11) is 0. The third-order valence-electron chi connectivity index (χ3n) is 3.64. The van der Waals surface area contributed by atoms with Gasteiger partial charge in [0.05, 0.1) is 24.4 Å². The lowest BCUT2D eigenvalue weighted by Crippen LogP contribution is -2.53. The molecule has 1 aliphatic heterocycles. The molecule has 0 N–H and O–H groups in total. The van der Waals surface area contributed by atoms with Crippen LogP contribution in [-0.4, -0.2) is 34.7 Å². The average molecular weight is 324 g/mol. The van der Waals surface area contributed by atoms with Gasteiger partial charge in [-0.15, -0.1) is 0 Å². The van der Waals surface area contributed by atoms with Gasteiger partial charge >= 0.3 is 0 Å². The van der Waals surface area contributed by atoms with Crippen molar-refractivity contribution in [2.75, 3.05) is 24.7 Å². The molecule has 1 saturated heterocycles. The number of hydrogen-bond donors (Lipinski definition) is 0. The van der Waals surface area contributed by atoms with Gasteiger partial charge in [0.1, 0.15) is 5.65 Å². The van der Waals surface area contributed by atoms with Crippen molar-refractivity contribution in [2.45, 2.75) is 24.7 Å². The summed E-state index contributed by atoms with van der Waals surface area (Å²) in [5.41, 5.74) is 2.17. The van der Waals surface area contributed by atoms with Crippen LogP contribution in [0.2, 0.25) is 0 Å². The average Bonchev–Trinajstić information content (AvgIpc) is 2.76. The van der Waals surface area contributed by atoms with E-state index in [-0.39, 0.29) is 5.54 Å². The van der Waals surface area contributed by atoms with Crippen LogP contribution in [0.4, 0.5) is 5.82 Å².